The van der Waals surface area contributed by atoms with Crippen molar-refractivity contribution in [2.24, 2.45) is 0 Å². The van der Waals surface area contributed by atoms with E-state index in [1.165, 1.54) is 0 Å². The number of hydrogen-bond donors (Lipinski definition) is 0. The van der Waals surface area contributed by atoms with Crippen LogP contribution in [0.2, 0.25) is 0 Å². The van der Waals surface area contributed by atoms with Gasteiger partial charge in [0.1, 0.15) is 23.6 Å². The van der Waals surface area contributed by atoms with Gasteiger partial charge in [0.2, 0.25) is 11.8 Å². The van der Waals surface area contributed by atoms with Gasteiger partial charge in [-0.2, -0.15) is 4.98 Å². The number of rotatable bonds is 3. The van der Waals surface area contributed by atoms with Gasteiger partial charge in [0.05, 0.1) is 0 Å². The van der Waals surface area contributed by atoms with E-state index >= 15 is 0 Å². The molecule has 0 bridgehead atoms. The molecule has 1 aromatic rings. The molecule has 3 heterocycles. The summed E-state index contributed by atoms with van der Waals surface area (Å²) in [6.45, 7) is 9.13. The van der Waals surface area contributed by atoms with Gasteiger partial charge >= 0.3 is 6.09 Å². The van der Waals surface area contributed by atoms with Crippen molar-refractivity contribution in [1.82, 2.24) is 19.8 Å². The Morgan fingerprint density at radius 3 is 2.50 bits per heavy atom. The van der Waals surface area contributed by atoms with Crippen LogP contribution in [-0.4, -0.2) is 69.1 Å². The van der Waals surface area contributed by atoms with Crippen molar-refractivity contribution in [2.45, 2.75) is 71.1 Å². The van der Waals surface area contributed by atoms with Crippen LogP contribution in [0.5, 0.6) is 5.88 Å². The number of hydrogen-bond acceptors (Lipinski definition) is 6. The molecular weight excluding hydrogens is 360 g/mol. The molecule has 1 aromatic heterocycles. The van der Waals surface area contributed by atoms with Crippen molar-refractivity contribution in [3.63, 3.8) is 0 Å². The third kappa shape index (κ3) is 5.11. The summed E-state index contributed by atoms with van der Waals surface area (Å²) in [5.41, 5.74) is -0.567. The number of aryl methyl sites for hydroxylation is 1. The van der Waals surface area contributed by atoms with Crippen LogP contribution in [0.1, 0.15) is 52.3 Å². The summed E-state index contributed by atoms with van der Waals surface area (Å²) < 4.78 is 11.4. The van der Waals surface area contributed by atoms with Crippen molar-refractivity contribution in [2.75, 3.05) is 19.6 Å². The number of amides is 2. The minimum Gasteiger partial charge on any atom is -0.474 e. The van der Waals surface area contributed by atoms with E-state index in [0.29, 0.717) is 37.8 Å². The van der Waals surface area contributed by atoms with Gasteiger partial charge in [-0.25, -0.2) is 9.78 Å². The summed E-state index contributed by atoms with van der Waals surface area (Å²) in [5.74, 6) is 1.26. The first-order valence-corrected chi connectivity index (χ1v) is 9.97. The molecule has 2 aliphatic rings. The van der Waals surface area contributed by atoms with Gasteiger partial charge in [-0.15, -0.1) is 0 Å². The maximum absolute atomic E-state index is 13.0. The quantitative estimate of drug-likeness (QED) is 0.789. The van der Waals surface area contributed by atoms with Crippen LogP contribution in [0.4, 0.5) is 4.79 Å². The summed E-state index contributed by atoms with van der Waals surface area (Å²) in [4.78, 5) is 37.2. The SMILES string of the molecule is Cc1nccc(OC2CCN(C(=O)C3CCCN3C(=O)OC(C)(C)C)CC2)n1. The molecule has 8 heteroatoms. The Balaban J connectivity index is 1.53. The second kappa shape index (κ2) is 8.32. The lowest BCUT2D eigenvalue weighted by molar-refractivity contribution is -0.137. The topological polar surface area (TPSA) is 84.9 Å². The van der Waals surface area contributed by atoms with E-state index in [4.69, 9.17) is 9.47 Å². The highest BCUT2D eigenvalue weighted by atomic mass is 16.6. The fourth-order valence-electron chi connectivity index (χ4n) is 3.64. The van der Waals surface area contributed by atoms with Crippen LogP contribution in [-0.2, 0) is 9.53 Å². The van der Waals surface area contributed by atoms with Crippen molar-refractivity contribution in [1.29, 1.82) is 0 Å². The highest BCUT2D eigenvalue weighted by molar-refractivity contribution is 5.86. The lowest BCUT2D eigenvalue weighted by Gasteiger charge is -2.35. The van der Waals surface area contributed by atoms with Crippen molar-refractivity contribution in [3.8, 4) is 5.88 Å². The zero-order valence-corrected chi connectivity index (χ0v) is 17.2. The molecule has 1 unspecified atom stereocenters. The zero-order valence-electron chi connectivity index (χ0n) is 17.2. The summed E-state index contributed by atoms with van der Waals surface area (Å²) >= 11 is 0. The first-order chi connectivity index (χ1) is 13.2. The standard InChI is InChI=1S/C20H30N4O4/c1-14-21-10-7-17(22-14)27-15-8-12-23(13-9-15)18(25)16-6-5-11-24(16)19(26)28-20(2,3)4/h7,10,15-16H,5-6,8-9,11-13H2,1-4H3. The van der Waals surface area contributed by atoms with Gasteiger partial charge in [0.15, 0.2) is 0 Å². The van der Waals surface area contributed by atoms with Crippen LogP contribution in [0.3, 0.4) is 0 Å². The van der Waals surface area contributed by atoms with Gasteiger partial charge in [-0.05, 0) is 40.5 Å². The molecule has 28 heavy (non-hydrogen) atoms. The first kappa shape index (κ1) is 20.4. The molecule has 0 saturated carbocycles. The van der Waals surface area contributed by atoms with Crippen LogP contribution >= 0.6 is 0 Å². The van der Waals surface area contributed by atoms with Gasteiger partial charge in [0.25, 0.3) is 0 Å². The summed E-state index contributed by atoms with van der Waals surface area (Å²) in [5, 5.41) is 0. The molecule has 3 rings (SSSR count). The van der Waals surface area contributed by atoms with Crippen LogP contribution in [0.15, 0.2) is 12.3 Å². The fourth-order valence-corrected chi connectivity index (χ4v) is 3.64. The Morgan fingerprint density at radius 2 is 1.86 bits per heavy atom. The minimum absolute atomic E-state index is 0.0136. The van der Waals surface area contributed by atoms with Gasteiger partial charge in [-0.3, -0.25) is 9.69 Å². The third-order valence-electron chi connectivity index (χ3n) is 4.96. The average molecular weight is 390 g/mol. The Hall–Kier alpha value is -2.38. The third-order valence-corrected chi connectivity index (χ3v) is 4.96. The van der Waals surface area contributed by atoms with Crippen molar-refractivity contribution >= 4 is 12.0 Å². The second-order valence-electron chi connectivity index (χ2n) is 8.42. The van der Waals surface area contributed by atoms with E-state index < -0.39 is 17.7 Å². The predicted octanol–water partition coefficient (Wildman–Crippen LogP) is 2.55. The number of likely N-dealkylation sites (tertiary alicyclic amines) is 2. The highest BCUT2D eigenvalue weighted by Gasteiger charge is 2.39. The first-order valence-electron chi connectivity index (χ1n) is 9.97. The molecule has 2 aliphatic heterocycles. The number of carbonyl (C=O) groups excluding carboxylic acids is 2. The minimum atomic E-state index is -0.567. The maximum atomic E-state index is 13.0. The molecule has 0 N–H and O–H groups in total. The second-order valence-corrected chi connectivity index (χ2v) is 8.42. The molecule has 0 aromatic carbocycles. The fraction of sp³-hybridized carbons (Fsp3) is 0.700. The van der Waals surface area contributed by atoms with Gasteiger partial charge < -0.3 is 14.4 Å². The van der Waals surface area contributed by atoms with E-state index in [-0.39, 0.29) is 12.0 Å². The van der Waals surface area contributed by atoms with Gasteiger partial charge in [0, 0.05) is 44.7 Å². The van der Waals surface area contributed by atoms with Crippen molar-refractivity contribution in [3.05, 3.63) is 18.1 Å². The lowest BCUT2D eigenvalue weighted by Crippen LogP contribution is -2.51. The van der Waals surface area contributed by atoms with E-state index in [1.54, 1.807) is 17.2 Å². The monoisotopic (exact) mass is 390 g/mol. The summed E-state index contributed by atoms with van der Waals surface area (Å²) in [6.07, 6.45) is 4.31. The zero-order chi connectivity index (χ0) is 20.3. The maximum Gasteiger partial charge on any atom is 0.410 e. The molecule has 2 amide bonds. The van der Waals surface area contributed by atoms with Crippen LogP contribution in [0, 0.1) is 6.92 Å². The number of ether oxygens (including phenoxy) is 2. The Labute approximate surface area is 166 Å². The highest BCUT2D eigenvalue weighted by Crippen LogP contribution is 2.24. The Bertz CT molecular complexity index is 710. The van der Waals surface area contributed by atoms with Crippen LogP contribution < -0.4 is 4.74 Å². The molecule has 0 radical (unpaired) electrons. The summed E-state index contributed by atoms with van der Waals surface area (Å²) in [7, 11) is 0. The largest absolute Gasteiger partial charge is 0.474 e. The number of aromatic nitrogens is 2. The number of nitrogens with zero attached hydrogens (tertiary/aromatic N) is 4. The van der Waals surface area contributed by atoms with E-state index in [9.17, 15) is 9.59 Å². The number of carbonyl (C=O) groups is 2. The van der Waals surface area contributed by atoms with Crippen LogP contribution in [0.25, 0.3) is 0 Å². The van der Waals surface area contributed by atoms with E-state index in [2.05, 4.69) is 9.97 Å². The number of piperidine rings is 1. The van der Waals surface area contributed by atoms with E-state index in [1.807, 2.05) is 32.6 Å². The predicted molar refractivity (Wildman–Crippen MR) is 103 cm³/mol. The molecular formula is C20H30N4O4. The Kier molecular flexibility index (Phi) is 6.05. The smallest absolute Gasteiger partial charge is 0.410 e. The molecule has 1 atom stereocenters. The normalized spacial score (nSPS) is 20.9. The van der Waals surface area contributed by atoms with Crippen molar-refractivity contribution < 1.29 is 19.1 Å². The Morgan fingerprint density at radius 1 is 1.14 bits per heavy atom. The molecule has 154 valence electrons. The molecule has 8 nitrogen and oxygen atoms in total. The molecule has 0 aliphatic carbocycles. The lowest BCUT2D eigenvalue weighted by atomic mass is 10.1. The molecule has 2 saturated heterocycles. The molecule has 2 fully saturated rings. The van der Waals surface area contributed by atoms with Gasteiger partial charge in [-0.1, -0.05) is 0 Å². The van der Waals surface area contributed by atoms with E-state index in [0.717, 1.165) is 19.3 Å². The average Bonchev–Trinajstić information content (AvgIpc) is 3.10. The molecule has 0 spiro atoms. The summed E-state index contributed by atoms with van der Waals surface area (Å²) in [6, 6.07) is 1.33.